The van der Waals surface area contributed by atoms with Crippen molar-refractivity contribution in [1.82, 2.24) is 4.90 Å². The summed E-state index contributed by atoms with van der Waals surface area (Å²) in [5.74, 6) is -0.884. The molecule has 1 aliphatic heterocycles. The van der Waals surface area contributed by atoms with Crippen LogP contribution in [-0.4, -0.2) is 53.7 Å². The molecule has 1 atom stereocenters. The lowest BCUT2D eigenvalue weighted by atomic mass is 9.95. The Hall–Kier alpha value is -3.03. The van der Waals surface area contributed by atoms with Gasteiger partial charge in [0, 0.05) is 25.8 Å². The van der Waals surface area contributed by atoms with Crippen LogP contribution in [0.1, 0.15) is 37.4 Å². The van der Waals surface area contributed by atoms with Gasteiger partial charge >= 0.3 is 0 Å². The summed E-state index contributed by atoms with van der Waals surface area (Å²) in [6, 6.07) is 10.3. The number of carbonyl (C=O) groups excluding carboxylic acids is 2. The van der Waals surface area contributed by atoms with Crippen molar-refractivity contribution in [2.75, 3.05) is 26.9 Å². The number of halogens is 1. The van der Waals surface area contributed by atoms with E-state index in [1.54, 1.807) is 37.4 Å². The molecule has 0 bridgehead atoms. The summed E-state index contributed by atoms with van der Waals surface area (Å²) in [5.41, 5.74) is 0.861. The van der Waals surface area contributed by atoms with Crippen molar-refractivity contribution < 1.29 is 29.3 Å². The molecule has 7 nitrogen and oxygen atoms in total. The summed E-state index contributed by atoms with van der Waals surface area (Å²) in [6.45, 7) is 5.30. The van der Waals surface area contributed by atoms with E-state index in [0.29, 0.717) is 42.4 Å². The second-order valence-corrected chi connectivity index (χ2v) is 8.69. The normalized spacial score (nSPS) is 17.7. The maximum atomic E-state index is 13.0. The number of benzene rings is 2. The van der Waals surface area contributed by atoms with E-state index in [0.717, 1.165) is 0 Å². The number of rotatable bonds is 9. The van der Waals surface area contributed by atoms with Crippen molar-refractivity contribution in [3.63, 3.8) is 0 Å². The Labute approximate surface area is 198 Å². The fourth-order valence-corrected chi connectivity index (χ4v) is 3.85. The van der Waals surface area contributed by atoms with Crippen molar-refractivity contribution in [3.05, 3.63) is 64.2 Å². The van der Waals surface area contributed by atoms with Crippen LogP contribution in [0.15, 0.2) is 48.0 Å². The van der Waals surface area contributed by atoms with E-state index < -0.39 is 17.7 Å². The van der Waals surface area contributed by atoms with Gasteiger partial charge in [-0.1, -0.05) is 31.5 Å². The molecule has 33 heavy (non-hydrogen) atoms. The Morgan fingerprint density at radius 1 is 1.15 bits per heavy atom. The average molecular weight is 474 g/mol. The summed E-state index contributed by atoms with van der Waals surface area (Å²) in [5, 5.41) is 21.0. The minimum absolute atomic E-state index is 0.0324. The third-order valence-electron chi connectivity index (χ3n) is 5.29. The maximum absolute atomic E-state index is 13.0. The first-order chi connectivity index (χ1) is 15.7. The van der Waals surface area contributed by atoms with Gasteiger partial charge in [0.1, 0.15) is 17.3 Å². The molecular formula is C25H28ClNO6. The largest absolute Gasteiger partial charge is 0.507 e. The van der Waals surface area contributed by atoms with Crippen LogP contribution in [0.3, 0.4) is 0 Å². The van der Waals surface area contributed by atoms with Gasteiger partial charge in [0.25, 0.3) is 11.7 Å². The zero-order chi connectivity index (χ0) is 24.1. The number of amides is 1. The van der Waals surface area contributed by atoms with Gasteiger partial charge < -0.3 is 24.6 Å². The minimum atomic E-state index is -0.850. The van der Waals surface area contributed by atoms with Gasteiger partial charge in [-0.15, -0.1) is 0 Å². The number of nitrogens with zero attached hydrogens (tertiary/aromatic N) is 1. The number of aliphatic hydroxyl groups is 1. The topological polar surface area (TPSA) is 96.3 Å². The van der Waals surface area contributed by atoms with Gasteiger partial charge in [0.05, 0.1) is 23.2 Å². The minimum Gasteiger partial charge on any atom is -0.507 e. The molecule has 1 unspecified atom stereocenters. The highest BCUT2D eigenvalue weighted by Crippen LogP contribution is 2.41. The number of phenols is 1. The van der Waals surface area contributed by atoms with Crippen molar-refractivity contribution in [2.24, 2.45) is 5.92 Å². The highest BCUT2D eigenvalue weighted by molar-refractivity contribution is 6.46. The number of hydrogen-bond acceptors (Lipinski definition) is 6. The quantitative estimate of drug-likeness (QED) is 0.240. The van der Waals surface area contributed by atoms with Crippen LogP contribution < -0.4 is 4.74 Å². The van der Waals surface area contributed by atoms with Crippen LogP contribution in [0, 0.1) is 5.92 Å². The van der Waals surface area contributed by atoms with Crippen LogP contribution in [0.25, 0.3) is 5.76 Å². The SMILES string of the molecule is COCCCN1C(=O)C(=O)/C(=C(\O)c2ccc(OCC(C)C)cc2)C1c1ccc(O)c(Cl)c1. The van der Waals surface area contributed by atoms with E-state index in [4.69, 9.17) is 21.1 Å². The highest BCUT2D eigenvalue weighted by Gasteiger charge is 2.45. The Bertz CT molecular complexity index is 1050. The van der Waals surface area contributed by atoms with Crippen molar-refractivity contribution >= 4 is 29.1 Å². The molecule has 3 rings (SSSR count). The van der Waals surface area contributed by atoms with Crippen molar-refractivity contribution in [2.45, 2.75) is 26.3 Å². The van der Waals surface area contributed by atoms with Gasteiger partial charge in [-0.05, 0) is 54.3 Å². The number of likely N-dealkylation sites (tertiary alicyclic amines) is 1. The standard InChI is InChI=1S/C25H28ClNO6/c1-15(2)14-33-18-8-5-16(6-9-18)23(29)21-22(17-7-10-20(28)19(26)13-17)27(11-4-12-32-3)25(31)24(21)30/h5-10,13,15,22,28-29H,4,11-12,14H2,1-3H3/b23-21-. The molecule has 1 amide bonds. The van der Waals surface area contributed by atoms with Crippen molar-refractivity contribution in [1.29, 1.82) is 0 Å². The first-order valence-corrected chi connectivity index (χ1v) is 11.1. The van der Waals surface area contributed by atoms with E-state index >= 15 is 0 Å². The van der Waals surface area contributed by atoms with Crippen molar-refractivity contribution in [3.8, 4) is 11.5 Å². The fourth-order valence-electron chi connectivity index (χ4n) is 3.66. The zero-order valence-corrected chi connectivity index (χ0v) is 19.6. The lowest BCUT2D eigenvalue weighted by Crippen LogP contribution is -2.31. The fraction of sp³-hybridized carbons (Fsp3) is 0.360. The lowest BCUT2D eigenvalue weighted by molar-refractivity contribution is -0.140. The molecule has 1 heterocycles. The number of ether oxygens (including phenoxy) is 2. The van der Waals surface area contributed by atoms with Crippen LogP contribution in [0.2, 0.25) is 5.02 Å². The molecule has 0 aliphatic carbocycles. The molecule has 1 aliphatic rings. The number of methoxy groups -OCH3 is 1. The Morgan fingerprint density at radius 2 is 1.85 bits per heavy atom. The summed E-state index contributed by atoms with van der Waals surface area (Å²) in [7, 11) is 1.56. The molecular weight excluding hydrogens is 446 g/mol. The van der Waals surface area contributed by atoms with Gasteiger partial charge in [0.2, 0.25) is 0 Å². The number of Topliss-reactive ketones (excluding diaryl/α,β-unsaturated/α-hetero) is 1. The van der Waals surface area contributed by atoms with Crippen LogP contribution in [0.5, 0.6) is 11.5 Å². The third-order valence-corrected chi connectivity index (χ3v) is 5.59. The first-order valence-electron chi connectivity index (χ1n) is 10.7. The maximum Gasteiger partial charge on any atom is 0.295 e. The second kappa shape index (κ2) is 10.7. The summed E-state index contributed by atoms with van der Waals surface area (Å²) >= 11 is 6.10. The molecule has 2 aromatic rings. The molecule has 0 radical (unpaired) electrons. The Kier molecular flexibility index (Phi) is 8.00. The zero-order valence-electron chi connectivity index (χ0n) is 18.9. The molecule has 8 heteroatoms. The molecule has 2 N–H and O–H groups in total. The molecule has 0 aromatic heterocycles. The lowest BCUT2D eigenvalue weighted by Gasteiger charge is -2.25. The van der Waals surface area contributed by atoms with Crippen LogP contribution in [0.4, 0.5) is 0 Å². The predicted molar refractivity (Wildman–Crippen MR) is 125 cm³/mol. The molecule has 176 valence electrons. The number of hydrogen-bond donors (Lipinski definition) is 2. The number of carbonyl (C=O) groups is 2. The molecule has 1 fully saturated rings. The molecule has 2 aromatic carbocycles. The first kappa shape index (κ1) is 24.6. The average Bonchev–Trinajstić information content (AvgIpc) is 3.04. The van der Waals surface area contributed by atoms with Crippen LogP contribution >= 0.6 is 11.6 Å². The molecule has 0 spiro atoms. The molecule has 1 saturated heterocycles. The van der Waals surface area contributed by atoms with Gasteiger partial charge in [-0.2, -0.15) is 0 Å². The summed E-state index contributed by atoms with van der Waals surface area (Å²) < 4.78 is 10.8. The molecule has 0 saturated carbocycles. The number of aromatic hydroxyl groups is 1. The van der Waals surface area contributed by atoms with E-state index in [1.165, 1.54) is 17.0 Å². The highest BCUT2D eigenvalue weighted by atomic mass is 35.5. The Morgan fingerprint density at radius 3 is 2.45 bits per heavy atom. The number of ketones is 1. The summed E-state index contributed by atoms with van der Waals surface area (Å²) in [4.78, 5) is 27.3. The van der Waals surface area contributed by atoms with E-state index in [-0.39, 0.29) is 28.6 Å². The van der Waals surface area contributed by atoms with Gasteiger partial charge in [0.15, 0.2) is 0 Å². The Balaban J connectivity index is 2.03. The summed E-state index contributed by atoms with van der Waals surface area (Å²) in [6.07, 6.45) is 0.508. The van der Waals surface area contributed by atoms with E-state index in [2.05, 4.69) is 0 Å². The van der Waals surface area contributed by atoms with E-state index in [9.17, 15) is 19.8 Å². The number of aliphatic hydroxyl groups excluding tert-OH is 1. The number of phenolic OH excluding ortho intramolecular Hbond substituents is 1. The smallest absolute Gasteiger partial charge is 0.295 e. The second-order valence-electron chi connectivity index (χ2n) is 8.28. The van der Waals surface area contributed by atoms with E-state index in [1.807, 2.05) is 13.8 Å². The van der Waals surface area contributed by atoms with Gasteiger partial charge in [-0.3, -0.25) is 9.59 Å². The monoisotopic (exact) mass is 473 g/mol. The predicted octanol–water partition coefficient (Wildman–Crippen LogP) is 4.54. The third kappa shape index (κ3) is 5.49. The van der Waals surface area contributed by atoms with Gasteiger partial charge in [-0.25, -0.2) is 0 Å². The van der Waals surface area contributed by atoms with Crippen LogP contribution in [-0.2, 0) is 14.3 Å².